The lowest BCUT2D eigenvalue weighted by Gasteiger charge is -2.03. The van der Waals surface area contributed by atoms with E-state index in [0.29, 0.717) is 0 Å². The van der Waals surface area contributed by atoms with Crippen LogP contribution in [-0.2, 0) is 0 Å². The van der Waals surface area contributed by atoms with Crippen LogP contribution in [-0.4, -0.2) is 10.1 Å². The molecule has 1 rings (SSSR count). The second kappa shape index (κ2) is 3.54. The van der Waals surface area contributed by atoms with Gasteiger partial charge in [-0.3, -0.25) is 0 Å². The topological polar surface area (TPSA) is 56.9 Å². The first-order valence-electron chi connectivity index (χ1n) is 3.14. The van der Waals surface area contributed by atoms with Crippen LogP contribution in [0.3, 0.4) is 0 Å². The highest BCUT2D eigenvalue weighted by atomic mass is 35.5. The first kappa shape index (κ1) is 9.68. The summed E-state index contributed by atoms with van der Waals surface area (Å²) in [7, 11) is 0. The molecule has 1 aromatic rings. The Bertz CT molecular complexity index is 375. The predicted octanol–water partition coefficient (Wildman–Crippen LogP) is 2.25. The summed E-state index contributed by atoms with van der Waals surface area (Å²) >= 11 is 5.32. The van der Waals surface area contributed by atoms with E-state index in [9.17, 15) is 8.78 Å². The SMILES string of the molecule is N#Cc1nc(Cl)c(C(F)F)cc1O. The Kier molecular flexibility index (Phi) is 2.63. The first-order valence-corrected chi connectivity index (χ1v) is 3.51. The van der Waals surface area contributed by atoms with Crippen molar-refractivity contribution in [3.63, 3.8) is 0 Å². The van der Waals surface area contributed by atoms with Crippen molar-refractivity contribution in [1.82, 2.24) is 4.98 Å². The van der Waals surface area contributed by atoms with Gasteiger partial charge in [-0.25, -0.2) is 13.8 Å². The van der Waals surface area contributed by atoms with Gasteiger partial charge in [0.15, 0.2) is 11.4 Å². The van der Waals surface area contributed by atoms with Crippen molar-refractivity contribution < 1.29 is 13.9 Å². The molecule has 0 radical (unpaired) electrons. The molecule has 0 aliphatic carbocycles. The van der Waals surface area contributed by atoms with Crippen LogP contribution < -0.4 is 0 Å². The monoisotopic (exact) mass is 204 g/mol. The van der Waals surface area contributed by atoms with Crippen molar-refractivity contribution in [3.8, 4) is 11.8 Å². The number of hydrogen-bond acceptors (Lipinski definition) is 3. The van der Waals surface area contributed by atoms with Gasteiger partial charge in [0, 0.05) is 0 Å². The molecule has 0 atom stereocenters. The molecule has 0 aliphatic rings. The van der Waals surface area contributed by atoms with Crippen LogP contribution in [0.15, 0.2) is 6.07 Å². The summed E-state index contributed by atoms with van der Waals surface area (Å²) in [5.41, 5.74) is -0.951. The fraction of sp³-hybridized carbons (Fsp3) is 0.143. The molecule has 3 nitrogen and oxygen atoms in total. The molecule has 13 heavy (non-hydrogen) atoms. The van der Waals surface area contributed by atoms with Crippen LogP contribution in [0.5, 0.6) is 5.75 Å². The molecule has 0 amide bonds. The molecule has 68 valence electrons. The van der Waals surface area contributed by atoms with E-state index >= 15 is 0 Å². The molecule has 0 aliphatic heterocycles. The number of aromatic hydroxyl groups is 1. The lowest BCUT2D eigenvalue weighted by Crippen LogP contribution is -1.92. The summed E-state index contributed by atoms with van der Waals surface area (Å²) in [5, 5.41) is 16.9. The van der Waals surface area contributed by atoms with E-state index in [2.05, 4.69) is 4.98 Å². The Hall–Kier alpha value is -1.41. The molecule has 6 heteroatoms. The fourth-order valence-corrected chi connectivity index (χ4v) is 0.952. The molecule has 0 bridgehead atoms. The Morgan fingerprint density at radius 3 is 2.69 bits per heavy atom. The smallest absolute Gasteiger partial charge is 0.266 e. The fourth-order valence-electron chi connectivity index (χ4n) is 0.730. The summed E-state index contributed by atoms with van der Waals surface area (Å²) in [4.78, 5) is 3.29. The average Bonchev–Trinajstić information content (AvgIpc) is 2.07. The van der Waals surface area contributed by atoms with Crippen LogP contribution in [0.1, 0.15) is 17.7 Å². The van der Waals surface area contributed by atoms with Gasteiger partial charge in [-0.05, 0) is 6.07 Å². The van der Waals surface area contributed by atoms with E-state index in [1.807, 2.05) is 0 Å². The minimum atomic E-state index is -2.82. The maximum absolute atomic E-state index is 12.1. The molecule has 0 spiro atoms. The largest absolute Gasteiger partial charge is 0.505 e. The van der Waals surface area contributed by atoms with Crippen LogP contribution in [0, 0.1) is 11.3 Å². The zero-order chi connectivity index (χ0) is 10.0. The molecular formula is C7H3ClF2N2O. The van der Waals surface area contributed by atoms with Crippen molar-refractivity contribution >= 4 is 11.6 Å². The normalized spacial score (nSPS) is 10.1. The number of nitriles is 1. The third kappa shape index (κ3) is 1.84. The summed E-state index contributed by atoms with van der Waals surface area (Å²) < 4.78 is 24.3. The zero-order valence-electron chi connectivity index (χ0n) is 6.13. The molecule has 0 aromatic carbocycles. The van der Waals surface area contributed by atoms with E-state index < -0.39 is 22.9 Å². The summed E-state index contributed by atoms with van der Waals surface area (Å²) in [5.74, 6) is -0.595. The predicted molar refractivity (Wildman–Crippen MR) is 40.6 cm³/mol. The molecule has 0 saturated heterocycles. The van der Waals surface area contributed by atoms with Gasteiger partial charge in [-0.2, -0.15) is 5.26 Å². The minimum absolute atomic E-state index is 0.366. The van der Waals surface area contributed by atoms with E-state index in [-0.39, 0.29) is 5.69 Å². The number of hydrogen-bond donors (Lipinski definition) is 1. The van der Waals surface area contributed by atoms with E-state index in [0.717, 1.165) is 6.07 Å². The molecule has 0 saturated carbocycles. The third-order valence-corrected chi connectivity index (χ3v) is 1.63. The molecule has 1 heterocycles. The number of nitrogens with zero attached hydrogens (tertiary/aromatic N) is 2. The highest BCUT2D eigenvalue weighted by Crippen LogP contribution is 2.29. The molecule has 0 fully saturated rings. The lowest BCUT2D eigenvalue weighted by atomic mass is 10.2. The minimum Gasteiger partial charge on any atom is -0.505 e. The molecule has 0 unspecified atom stereocenters. The molecular weight excluding hydrogens is 202 g/mol. The van der Waals surface area contributed by atoms with Gasteiger partial charge in [-0.15, -0.1) is 0 Å². The van der Waals surface area contributed by atoms with Crippen LogP contribution in [0.25, 0.3) is 0 Å². The van der Waals surface area contributed by atoms with Gasteiger partial charge in [-0.1, -0.05) is 11.6 Å². The van der Waals surface area contributed by atoms with Crippen molar-refractivity contribution in [1.29, 1.82) is 5.26 Å². The Morgan fingerprint density at radius 1 is 1.62 bits per heavy atom. The van der Waals surface area contributed by atoms with Gasteiger partial charge in [0.1, 0.15) is 11.2 Å². The van der Waals surface area contributed by atoms with Gasteiger partial charge in [0.25, 0.3) is 6.43 Å². The van der Waals surface area contributed by atoms with Gasteiger partial charge in [0.2, 0.25) is 0 Å². The Balaban J connectivity index is 3.31. The van der Waals surface area contributed by atoms with E-state index in [4.69, 9.17) is 22.0 Å². The zero-order valence-corrected chi connectivity index (χ0v) is 6.89. The number of alkyl halides is 2. The van der Waals surface area contributed by atoms with Crippen molar-refractivity contribution in [2.45, 2.75) is 6.43 Å². The number of pyridine rings is 1. The third-order valence-electron chi connectivity index (χ3n) is 1.32. The van der Waals surface area contributed by atoms with Crippen molar-refractivity contribution in [3.05, 3.63) is 22.5 Å². The molecule has 1 N–H and O–H groups in total. The van der Waals surface area contributed by atoms with E-state index in [1.165, 1.54) is 6.07 Å². The highest BCUT2D eigenvalue weighted by Gasteiger charge is 2.16. The van der Waals surface area contributed by atoms with Crippen molar-refractivity contribution in [2.75, 3.05) is 0 Å². The number of aromatic nitrogens is 1. The second-order valence-corrected chi connectivity index (χ2v) is 2.51. The number of rotatable bonds is 1. The summed E-state index contributed by atoms with van der Waals surface area (Å²) in [6, 6.07) is 2.25. The lowest BCUT2D eigenvalue weighted by molar-refractivity contribution is 0.150. The Morgan fingerprint density at radius 2 is 2.23 bits per heavy atom. The van der Waals surface area contributed by atoms with E-state index in [1.54, 1.807) is 0 Å². The maximum atomic E-state index is 12.1. The van der Waals surface area contributed by atoms with Crippen molar-refractivity contribution in [2.24, 2.45) is 0 Å². The van der Waals surface area contributed by atoms with Gasteiger partial charge in [0.05, 0.1) is 5.56 Å². The highest BCUT2D eigenvalue weighted by molar-refractivity contribution is 6.30. The van der Waals surface area contributed by atoms with Gasteiger partial charge < -0.3 is 5.11 Å². The average molecular weight is 205 g/mol. The second-order valence-electron chi connectivity index (χ2n) is 2.15. The van der Waals surface area contributed by atoms with Gasteiger partial charge >= 0.3 is 0 Å². The maximum Gasteiger partial charge on any atom is 0.266 e. The molecule has 1 aromatic heterocycles. The number of halogens is 3. The Labute approximate surface area is 77.2 Å². The van der Waals surface area contributed by atoms with Crippen LogP contribution >= 0.6 is 11.6 Å². The summed E-state index contributed by atoms with van der Waals surface area (Å²) in [6.45, 7) is 0. The first-order chi connectivity index (χ1) is 6.06. The van der Waals surface area contributed by atoms with Crippen LogP contribution in [0.2, 0.25) is 5.15 Å². The standard InChI is InChI=1S/C7H3ClF2N2O/c8-6-3(7(9)10)1-5(13)4(2-11)12-6/h1,7,13H. The summed E-state index contributed by atoms with van der Waals surface area (Å²) in [6.07, 6.45) is -2.82. The quantitative estimate of drug-likeness (QED) is 0.714. The van der Waals surface area contributed by atoms with Crippen LogP contribution in [0.4, 0.5) is 8.78 Å².